The van der Waals surface area contributed by atoms with Crippen molar-refractivity contribution in [3.05, 3.63) is 90.0 Å². The molecule has 29 heavy (non-hydrogen) atoms. The number of hydrogen-bond acceptors (Lipinski definition) is 4. The van der Waals surface area contributed by atoms with Gasteiger partial charge in [0.15, 0.2) is 0 Å². The molecule has 3 aromatic rings. The molecule has 0 fully saturated rings. The number of H-pyrrole nitrogens is 1. The van der Waals surface area contributed by atoms with Gasteiger partial charge in [-0.25, -0.2) is 4.98 Å². The van der Waals surface area contributed by atoms with Crippen molar-refractivity contribution in [2.75, 3.05) is 6.54 Å². The Morgan fingerprint density at radius 1 is 1.03 bits per heavy atom. The van der Waals surface area contributed by atoms with Crippen molar-refractivity contribution in [1.29, 1.82) is 0 Å². The zero-order valence-corrected chi connectivity index (χ0v) is 16.6. The highest BCUT2D eigenvalue weighted by Gasteiger charge is 2.20. The average molecular weight is 392 g/mol. The largest absolute Gasteiger partial charge is 0.351 e. The van der Waals surface area contributed by atoms with E-state index in [1.54, 1.807) is 12.5 Å². The van der Waals surface area contributed by atoms with E-state index in [9.17, 15) is 4.79 Å². The van der Waals surface area contributed by atoms with Gasteiger partial charge in [0.05, 0.1) is 12.4 Å². The highest BCUT2D eigenvalue weighted by atomic mass is 16.2. The third kappa shape index (κ3) is 7.18. The Morgan fingerprint density at radius 2 is 1.72 bits per heavy atom. The molecule has 1 amide bonds. The van der Waals surface area contributed by atoms with E-state index >= 15 is 0 Å². The van der Waals surface area contributed by atoms with Crippen LogP contribution in [0.1, 0.15) is 23.2 Å². The van der Waals surface area contributed by atoms with Gasteiger partial charge in [-0.3, -0.25) is 4.79 Å². The number of imidazole rings is 1. The predicted octanol–water partition coefficient (Wildman–Crippen LogP) is 2.19. The van der Waals surface area contributed by atoms with E-state index < -0.39 is 0 Å². The van der Waals surface area contributed by atoms with Gasteiger partial charge in [0.2, 0.25) is 5.91 Å². The maximum atomic E-state index is 12.8. The fraction of sp³-hybridized carbons (Fsp3) is 0.304. The van der Waals surface area contributed by atoms with E-state index in [2.05, 4.69) is 32.7 Å². The molecule has 0 aliphatic heterocycles. The van der Waals surface area contributed by atoms with Gasteiger partial charge in [-0.15, -0.1) is 0 Å². The summed E-state index contributed by atoms with van der Waals surface area (Å²) in [5.41, 5.74) is 9.55. The molecule has 2 aromatic carbocycles. The van der Waals surface area contributed by atoms with Gasteiger partial charge in [-0.1, -0.05) is 60.7 Å². The zero-order chi connectivity index (χ0) is 20.3. The SMILES string of the molecule is N[C@H](CCc1ccccc1)CN[C@@H](Cc1cnc[nH]1)C(=O)NCc1ccccc1. The molecule has 0 saturated heterocycles. The predicted molar refractivity (Wildman–Crippen MR) is 115 cm³/mol. The van der Waals surface area contributed by atoms with E-state index in [1.165, 1.54) is 5.56 Å². The molecule has 6 heteroatoms. The van der Waals surface area contributed by atoms with E-state index in [0.717, 1.165) is 24.1 Å². The van der Waals surface area contributed by atoms with Gasteiger partial charge in [-0.05, 0) is 24.0 Å². The topological polar surface area (TPSA) is 95.8 Å². The van der Waals surface area contributed by atoms with Crippen LogP contribution < -0.4 is 16.4 Å². The Balaban J connectivity index is 1.51. The van der Waals surface area contributed by atoms with Crippen molar-refractivity contribution in [2.24, 2.45) is 5.73 Å². The van der Waals surface area contributed by atoms with Crippen molar-refractivity contribution in [3.63, 3.8) is 0 Å². The van der Waals surface area contributed by atoms with E-state index in [4.69, 9.17) is 5.73 Å². The van der Waals surface area contributed by atoms with Crippen LogP contribution in [0.25, 0.3) is 0 Å². The molecule has 5 N–H and O–H groups in total. The molecule has 0 radical (unpaired) electrons. The lowest BCUT2D eigenvalue weighted by Crippen LogP contribution is -2.49. The van der Waals surface area contributed by atoms with Crippen LogP contribution in [0.15, 0.2) is 73.2 Å². The Morgan fingerprint density at radius 3 is 2.38 bits per heavy atom. The molecule has 152 valence electrons. The van der Waals surface area contributed by atoms with Crippen LogP contribution in [0, 0.1) is 0 Å². The van der Waals surface area contributed by atoms with E-state index in [0.29, 0.717) is 19.5 Å². The molecule has 0 spiro atoms. The minimum absolute atomic E-state index is 0.0265. The molecular formula is C23H29N5O. The van der Waals surface area contributed by atoms with Crippen LogP contribution >= 0.6 is 0 Å². The maximum absolute atomic E-state index is 12.8. The first-order chi connectivity index (χ1) is 14.2. The third-order valence-corrected chi connectivity index (χ3v) is 4.88. The number of aromatic nitrogens is 2. The number of carbonyl (C=O) groups excluding carboxylic acids is 1. The maximum Gasteiger partial charge on any atom is 0.237 e. The number of nitrogens with zero attached hydrogens (tertiary/aromatic N) is 1. The van der Waals surface area contributed by atoms with Crippen LogP contribution in [-0.4, -0.2) is 34.5 Å². The van der Waals surface area contributed by atoms with Crippen molar-refractivity contribution in [2.45, 2.75) is 37.9 Å². The average Bonchev–Trinajstić information content (AvgIpc) is 3.28. The Bertz CT molecular complexity index is 836. The van der Waals surface area contributed by atoms with E-state index in [-0.39, 0.29) is 18.0 Å². The fourth-order valence-corrected chi connectivity index (χ4v) is 3.17. The summed E-state index contributed by atoms with van der Waals surface area (Å²) >= 11 is 0. The van der Waals surface area contributed by atoms with Gasteiger partial charge in [0, 0.05) is 37.4 Å². The molecule has 2 atom stereocenters. The Kier molecular flexibility index (Phi) is 7.98. The van der Waals surface area contributed by atoms with Crippen LogP contribution in [0.2, 0.25) is 0 Å². The quantitative estimate of drug-likeness (QED) is 0.403. The monoisotopic (exact) mass is 391 g/mol. The Hall–Kier alpha value is -2.96. The zero-order valence-electron chi connectivity index (χ0n) is 16.6. The molecule has 3 rings (SSSR count). The summed E-state index contributed by atoms with van der Waals surface area (Å²) in [6, 6.07) is 19.8. The summed E-state index contributed by atoms with van der Waals surface area (Å²) in [6.07, 6.45) is 5.69. The fourth-order valence-electron chi connectivity index (χ4n) is 3.17. The highest BCUT2D eigenvalue weighted by molar-refractivity contribution is 5.82. The first kappa shape index (κ1) is 20.8. The third-order valence-electron chi connectivity index (χ3n) is 4.88. The van der Waals surface area contributed by atoms with Crippen LogP contribution in [-0.2, 0) is 24.2 Å². The summed E-state index contributed by atoms with van der Waals surface area (Å²) in [4.78, 5) is 19.9. The van der Waals surface area contributed by atoms with Crippen molar-refractivity contribution in [1.82, 2.24) is 20.6 Å². The number of hydrogen-bond donors (Lipinski definition) is 4. The molecule has 0 unspecified atom stereocenters. The number of amides is 1. The molecule has 6 nitrogen and oxygen atoms in total. The second-order valence-electron chi connectivity index (χ2n) is 7.23. The minimum atomic E-state index is -0.373. The van der Waals surface area contributed by atoms with Gasteiger partial charge in [0.1, 0.15) is 0 Å². The van der Waals surface area contributed by atoms with Gasteiger partial charge in [0.25, 0.3) is 0 Å². The first-order valence-electron chi connectivity index (χ1n) is 10.0. The number of carbonyl (C=O) groups is 1. The molecule has 0 aliphatic rings. The summed E-state index contributed by atoms with van der Waals surface area (Å²) in [5, 5.41) is 6.36. The molecule has 1 aromatic heterocycles. The molecule has 0 bridgehead atoms. The van der Waals surface area contributed by atoms with Gasteiger partial charge >= 0.3 is 0 Å². The normalized spacial score (nSPS) is 13.0. The molecule has 0 saturated carbocycles. The molecular weight excluding hydrogens is 362 g/mol. The number of nitrogens with one attached hydrogen (secondary N) is 3. The van der Waals surface area contributed by atoms with Crippen LogP contribution in [0.5, 0.6) is 0 Å². The van der Waals surface area contributed by atoms with Crippen LogP contribution in [0.3, 0.4) is 0 Å². The summed E-state index contributed by atoms with van der Waals surface area (Å²) in [6.45, 7) is 1.07. The molecule has 1 heterocycles. The van der Waals surface area contributed by atoms with Crippen molar-refractivity contribution >= 4 is 5.91 Å². The number of aromatic amines is 1. The summed E-state index contributed by atoms with van der Waals surface area (Å²) in [7, 11) is 0. The van der Waals surface area contributed by atoms with Gasteiger partial charge < -0.3 is 21.4 Å². The standard InChI is InChI=1S/C23H29N5O/c24-20(12-11-18-7-3-1-4-8-18)15-26-22(13-21-16-25-17-28-21)23(29)27-14-19-9-5-2-6-10-19/h1-10,16-17,20,22,26H,11-15,24H2,(H,25,28)(H,27,29)/t20-,22+/m1/s1. The highest BCUT2D eigenvalue weighted by Crippen LogP contribution is 2.05. The lowest BCUT2D eigenvalue weighted by molar-refractivity contribution is -0.123. The second-order valence-corrected chi connectivity index (χ2v) is 7.23. The second kappa shape index (κ2) is 11.1. The van der Waals surface area contributed by atoms with Gasteiger partial charge in [-0.2, -0.15) is 0 Å². The lowest BCUT2D eigenvalue weighted by Gasteiger charge is -2.20. The van der Waals surface area contributed by atoms with Crippen molar-refractivity contribution < 1.29 is 4.79 Å². The van der Waals surface area contributed by atoms with E-state index in [1.807, 2.05) is 48.5 Å². The number of rotatable bonds is 11. The molecule has 0 aliphatic carbocycles. The lowest BCUT2D eigenvalue weighted by atomic mass is 10.0. The number of benzene rings is 2. The minimum Gasteiger partial charge on any atom is -0.351 e. The summed E-state index contributed by atoms with van der Waals surface area (Å²) in [5.74, 6) is -0.0429. The van der Waals surface area contributed by atoms with Crippen molar-refractivity contribution in [3.8, 4) is 0 Å². The summed E-state index contributed by atoms with van der Waals surface area (Å²) < 4.78 is 0. The Labute approximate surface area is 171 Å². The first-order valence-corrected chi connectivity index (χ1v) is 10.0. The smallest absolute Gasteiger partial charge is 0.237 e. The van der Waals surface area contributed by atoms with Crippen LogP contribution in [0.4, 0.5) is 0 Å². The number of nitrogens with two attached hydrogens (primary N) is 1. The number of aryl methyl sites for hydroxylation is 1.